The zero-order chi connectivity index (χ0) is 25.8. The minimum Gasteiger partial charge on any atom is -0.353 e. The van der Waals surface area contributed by atoms with E-state index in [2.05, 4.69) is 41.4 Å². The number of carbonyl (C=O) groups is 2. The van der Waals surface area contributed by atoms with Crippen molar-refractivity contribution in [3.05, 3.63) is 70.8 Å². The Balaban J connectivity index is 1.31. The number of likely N-dealkylation sites (tertiary alicyclic amines) is 1. The molecule has 2 aromatic carbocycles. The lowest BCUT2D eigenvalue weighted by atomic mass is 9.76. The largest absolute Gasteiger partial charge is 0.353 e. The maximum absolute atomic E-state index is 13.9. The molecule has 2 aliphatic rings. The van der Waals surface area contributed by atoms with Crippen molar-refractivity contribution >= 4 is 11.8 Å². The Hall–Kier alpha value is -2.80. The van der Waals surface area contributed by atoms with E-state index in [1.165, 1.54) is 17.2 Å². The van der Waals surface area contributed by atoms with E-state index in [0.717, 1.165) is 51.0 Å². The molecule has 0 bridgehead atoms. The molecule has 4 rings (SSSR count). The van der Waals surface area contributed by atoms with E-state index in [1.807, 2.05) is 0 Å². The summed E-state index contributed by atoms with van der Waals surface area (Å²) in [4.78, 5) is 29.9. The summed E-state index contributed by atoms with van der Waals surface area (Å²) in [7, 11) is 1.79. The summed E-state index contributed by atoms with van der Waals surface area (Å²) in [6, 6.07) is 12.1. The Kier molecular flexibility index (Phi) is 8.39. The molecule has 36 heavy (non-hydrogen) atoms. The highest BCUT2D eigenvalue weighted by Crippen LogP contribution is 2.36. The standard InChI is InChI=1S/C29H37F2N3O2/c1-19-6-4-7-22(16-19)21-10-14-34(15-11-21)13-5-12-33(3)29(36)28-20(2)32-27(35)18-24(28)23-8-9-25(30)26(31)17-23/h4,6-9,16-17,20-21,24,28H,5,10-15,18H2,1-3H3,(H,32,35). The molecule has 3 atom stereocenters. The number of halogens is 2. The molecule has 0 aliphatic carbocycles. The van der Waals surface area contributed by atoms with Gasteiger partial charge in [-0.2, -0.15) is 0 Å². The van der Waals surface area contributed by atoms with Crippen molar-refractivity contribution in [3.8, 4) is 0 Å². The van der Waals surface area contributed by atoms with E-state index in [0.29, 0.717) is 18.0 Å². The summed E-state index contributed by atoms with van der Waals surface area (Å²) >= 11 is 0. The third-order valence-electron chi connectivity index (χ3n) is 7.87. The van der Waals surface area contributed by atoms with Crippen LogP contribution in [-0.2, 0) is 9.59 Å². The Morgan fingerprint density at radius 1 is 1.08 bits per heavy atom. The average Bonchev–Trinajstić information content (AvgIpc) is 2.85. The molecular formula is C29H37F2N3O2. The molecular weight excluding hydrogens is 460 g/mol. The molecule has 0 aromatic heterocycles. The molecule has 0 saturated carbocycles. The van der Waals surface area contributed by atoms with Crippen LogP contribution in [-0.4, -0.2) is 60.9 Å². The average molecular weight is 498 g/mol. The fraction of sp³-hybridized carbons (Fsp3) is 0.517. The van der Waals surface area contributed by atoms with Crippen LogP contribution in [0.3, 0.4) is 0 Å². The summed E-state index contributed by atoms with van der Waals surface area (Å²) in [6.45, 7) is 7.59. The van der Waals surface area contributed by atoms with Gasteiger partial charge in [0.2, 0.25) is 11.8 Å². The van der Waals surface area contributed by atoms with Gasteiger partial charge in [0.15, 0.2) is 11.6 Å². The molecule has 2 amide bonds. The van der Waals surface area contributed by atoms with Gasteiger partial charge in [0.1, 0.15) is 0 Å². The van der Waals surface area contributed by atoms with E-state index in [4.69, 9.17) is 0 Å². The van der Waals surface area contributed by atoms with E-state index in [9.17, 15) is 18.4 Å². The molecule has 0 radical (unpaired) electrons. The predicted molar refractivity (Wildman–Crippen MR) is 137 cm³/mol. The van der Waals surface area contributed by atoms with Gasteiger partial charge in [-0.25, -0.2) is 8.78 Å². The first-order valence-corrected chi connectivity index (χ1v) is 13.0. The molecule has 1 N–H and O–H groups in total. The third kappa shape index (κ3) is 6.12. The van der Waals surface area contributed by atoms with Crippen LogP contribution in [0.25, 0.3) is 0 Å². The second-order valence-corrected chi connectivity index (χ2v) is 10.5. The van der Waals surface area contributed by atoms with Crippen LogP contribution < -0.4 is 5.32 Å². The molecule has 3 unspecified atom stereocenters. The first-order chi connectivity index (χ1) is 17.2. The van der Waals surface area contributed by atoms with Crippen LogP contribution in [0.2, 0.25) is 0 Å². The Morgan fingerprint density at radius 2 is 1.83 bits per heavy atom. The summed E-state index contributed by atoms with van der Waals surface area (Å²) in [6.07, 6.45) is 3.23. The van der Waals surface area contributed by atoms with Gasteiger partial charge >= 0.3 is 0 Å². The second kappa shape index (κ2) is 11.5. The van der Waals surface area contributed by atoms with Crippen molar-refractivity contribution in [2.45, 2.75) is 57.4 Å². The van der Waals surface area contributed by atoms with Crippen molar-refractivity contribution in [1.82, 2.24) is 15.1 Å². The number of piperidine rings is 2. The van der Waals surface area contributed by atoms with Crippen LogP contribution in [0.5, 0.6) is 0 Å². The van der Waals surface area contributed by atoms with E-state index < -0.39 is 23.5 Å². The van der Waals surface area contributed by atoms with Gasteiger partial charge in [-0.05, 0) is 81.9 Å². The number of carbonyl (C=O) groups excluding carboxylic acids is 2. The third-order valence-corrected chi connectivity index (χ3v) is 7.87. The van der Waals surface area contributed by atoms with Crippen LogP contribution in [0, 0.1) is 24.5 Å². The van der Waals surface area contributed by atoms with Gasteiger partial charge in [-0.1, -0.05) is 35.9 Å². The molecule has 0 spiro atoms. The molecule has 2 saturated heterocycles. The summed E-state index contributed by atoms with van der Waals surface area (Å²) in [5, 5.41) is 2.86. The molecule has 2 heterocycles. The molecule has 2 aromatic rings. The molecule has 2 aliphatic heterocycles. The van der Waals surface area contributed by atoms with Crippen LogP contribution in [0.4, 0.5) is 8.78 Å². The van der Waals surface area contributed by atoms with Gasteiger partial charge in [0.25, 0.3) is 0 Å². The summed E-state index contributed by atoms with van der Waals surface area (Å²) in [5.41, 5.74) is 3.23. The SMILES string of the molecule is Cc1cccc(C2CCN(CCCN(C)C(=O)C3C(C)NC(=O)CC3c3ccc(F)c(F)c3)CC2)c1. The first-order valence-electron chi connectivity index (χ1n) is 13.0. The molecule has 194 valence electrons. The molecule has 5 nitrogen and oxygen atoms in total. The monoisotopic (exact) mass is 497 g/mol. The maximum Gasteiger partial charge on any atom is 0.228 e. The van der Waals surface area contributed by atoms with Crippen LogP contribution in [0.15, 0.2) is 42.5 Å². The number of amides is 2. The fourth-order valence-electron chi connectivity index (χ4n) is 5.84. The van der Waals surface area contributed by atoms with Crippen LogP contribution in [0.1, 0.15) is 61.1 Å². The van der Waals surface area contributed by atoms with Crippen molar-refractivity contribution in [2.24, 2.45) is 5.92 Å². The number of aryl methyl sites for hydroxylation is 1. The highest BCUT2D eigenvalue weighted by atomic mass is 19.2. The van der Waals surface area contributed by atoms with E-state index in [1.54, 1.807) is 18.9 Å². The zero-order valence-electron chi connectivity index (χ0n) is 21.5. The zero-order valence-corrected chi connectivity index (χ0v) is 21.5. The van der Waals surface area contributed by atoms with Gasteiger partial charge < -0.3 is 15.1 Å². The van der Waals surface area contributed by atoms with Crippen LogP contribution >= 0.6 is 0 Å². The fourth-order valence-corrected chi connectivity index (χ4v) is 5.84. The highest BCUT2D eigenvalue weighted by Gasteiger charge is 2.41. The first kappa shape index (κ1) is 26.3. The Morgan fingerprint density at radius 3 is 2.53 bits per heavy atom. The number of hydrogen-bond donors (Lipinski definition) is 1. The topological polar surface area (TPSA) is 52.6 Å². The second-order valence-electron chi connectivity index (χ2n) is 10.5. The van der Waals surface area contributed by atoms with Gasteiger partial charge in [-0.15, -0.1) is 0 Å². The van der Waals surface area contributed by atoms with E-state index in [-0.39, 0.29) is 24.3 Å². The van der Waals surface area contributed by atoms with Crippen molar-refractivity contribution in [2.75, 3.05) is 33.2 Å². The summed E-state index contributed by atoms with van der Waals surface area (Å²) < 4.78 is 27.4. The number of rotatable bonds is 7. The number of nitrogens with zero attached hydrogens (tertiary/aromatic N) is 2. The van der Waals surface area contributed by atoms with Gasteiger partial charge in [-0.3, -0.25) is 9.59 Å². The predicted octanol–water partition coefficient (Wildman–Crippen LogP) is 4.61. The highest BCUT2D eigenvalue weighted by molar-refractivity contribution is 5.86. The van der Waals surface area contributed by atoms with Crippen molar-refractivity contribution in [1.29, 1.82) is 0 Å². The minimum absolute atomic E-state index is 0.0737. The van der Waals surface area contributed by atoms with Gasteiger partial charge in [0, 0.05) is 32.0 Å². The van der Waals surface area contributed by atoms with Crippen molar-refractivity contribution < 1.29 is 18.4 Å². The normalized spacial score (nSPS) is 23.4. The number of benzene rings is 2. The lowest BCUT2D eigenvalue weighted by Gasteiger charge is -2.38. The lowest BCUT2D eigenvalue weighted by molar-refractivity contribution is -0.139. The van der Waals surface area contributed by atoms with E-state index >= 15 is 0 Å². The van der Waals surface area contributed by atoms with Gasteiger partial charge in [0.05, 0.1) is 5.92 Å². The maximum atomic E-state index is 13.9. The molecule has 7 heteroatoms. The Bertz CT molecular complexity index is 1080. The summed E-state index contributed by atoms with van der Waals surface area (Å²) in [5.74, 6) is -2.55. The quantitative estimate of drug-likeness (QED) is 0.608. The Labute approximate surface area is 212 Å². The minimum atomic E-state index is -0.961. The number of nitrogens with one attached hydrogen (secondary N) is 1. The number of hydrogen-bond acceptors (Lipinski definition) is 3. The lowest BCUT2D eigenvalue weighted by Crippen LogP contribution is -2.53. The van der Waals surface area contributed by atoms with Crippen molar-refractivity contribution in [3.63, 3.8) is 0 Å². The smallest absolute Gasteiger partial charge is 0.228 e. The molecule has 2 fully saturated rings.